The van der Waals surface area contributed by atoms with Gasteiger partial charge in [-0.15, -0.1) is 0 Å². The van der Waals surface area contributed by atoms with Crippen LogP contribution in [0.15, 0.2) is 53.6 Å². The average Bonchev–Trinajstić information content (AvgIpc) is 2.87. The van der Waals surface area contributed by atoms with E-state index in [0.29, 0.717) is 42.6 Å². The maximum absolute atomic E-state index is 13.2. The number of halogens is 2. The monoisotopic (exact) mass is 550 g/mol. The molecule has 1 aliphatic heterocycles. The van der Waals surface area contributed by atoms with Crippen molar-refractivity contribution in [3.05, 3.63) is 58.7 Å². The van der Waals surface area contributed by atoms with Crippen LogP contribution in [-0.2, 0) is 14.8 Å². The average molecular weight is 551 g/mol. The number of carbonyl (C=O) groups is 1. The molecule has 4 rings (SSSR count). The van der Waals surface area contributed by atoms with E-state index in [1.807, 2.05) is 18.2 Å². The van der Waals surface area contributed by atoms with E-state index in [9.17, 15) is 13.2 Å². The molecule has 2 heterocycles. The maximum atomic E-state index is 13.2. The lowest BCUT2D eigenvalue weighted by atomic mass is 9.97. The third kappa shape index (κ3) is 6.03. The normalized spacial score (nSPS) is 15.1. The number of pyridine rings is 1. The van der Waals surface area contributed by atoms with Gasteiger partial charge in [0.25, 0.3) is 0 Å². The predicted octanol–water partition coefficient (Wildman–Crippen LogP) is 4.57. The minimum atomic E-state index is -3.79. The third-order valence-corrected chi connectivity index (χ3v) is 8.48. The highest BCUT2D eigenvalue weighted by atomic mass is 35.5. The Kier molecular flexibility index (Phi) is 8.56. The van der Waals surface area contributed by atoms with Crippen LogP contribution in [0.4, 0.5) is 5.69 Å². The van der Waals surface area contributed by atoms with Crippen LogP contribution >= 0.6 is 23.2 Å². The summed E-state index contributed by atoms with van der Waals surface area (Å²) < 4.78 is 33.4. The molecule has 1 amide bonds. The van der Waals surface area contributed by atoms with Crippen LogP contribution in [0, 0.1) is 5.92 Å². The van der Waals surface area contributed by atoms with Gasteiger partial charge in [-0.2, -0.15) is 4.31 Å². The number of amides is 1. The van der Waals surface area contributed by atoms with Crippen molar-refractivity contribution in [1.82, 2.24) is 14.6 Å². The SMILES string of the molecule is CCOc1ccc(Cl)cc1S(=O)(=O)N1CCC(C(=O)NCCNc2ccnc3cc(Cl)ccc23)CC1. The van der Waals surface area contributed by atoms with Gasteiger partial charge in [-0.25, -0.2) is 8.42 Å². The Hall–Kier alpha value is -2.59. The second-order valence-corrected chi connectivity index (χ2v) is 11.2. The maximum Gasteiger partial charge on any atom is 0.246 e. The summed E-state index contributed by atoms with van der Waals surface area (Å²) in [5, 5.41) is 8.18. The highest BCUT2D eigenvalue weighted by molar-refractivity contribution is 7.89. The molecule has 0 unspecified atom stereocenters. The summed E-state index contributed by atoms with van der Waals surface area (Å²) in [6.07, 6.45) is 2.60. The number of benzene rings is 2. The van der Waals surface area contributed by atoms with E-state index in [-0.39, 0.29) is 35.6 Å². The molecule has 1 fully saturated rings. The number of hydrogen-bond donors (Lipinski definition) is 2. The summed E-state index contributed by atoms with van der Waals surface area (Å²) in [5.74, 6) is -0.0385. The van der Waals surface area contributed by atoms with Gasteiger partial charge in [0.05, 0.1) is 12.1 Å². The van der Waals surface area contributed by atoms with E-state index in [4.69, 9.17) is 27.9 Å². The molecule has 3 aromatic rings. The molecule has 2 aromatic carbocycles. The first-order chi connectivity index (χ1) is 17.3. The Morgan fingerprint density at radius 3 is 2.56 bits per heavy atom. The van der Waals surface area contributed by atoms with Gasteiger partial charge in [-0.05, 0) is 62.2 Å². The fourth-order valence-electron chi connectivity index (χ4n) is 4.26. The zero-order valence-electron chi connectivity index (χ0n) is 19.8. The number of sulfonamides is 1. The van der Waals surface area contributed by atoms with E-state index in [2.05, 4.69) is 15.6 Å². The van der Waals surface area contributed by atoms with Crippen LogP contribution in [0.1, 0.15) is 19.8 Å². The van der Waals surface area contributed by atoms with Crippen molar-refractivity contribution in [3.8, 4) is 5.75 Å². The van der Waals surface area contributed by atoms with Gasteiger partial charge in [0, 0.05) is 59.4 Å². The van der Waals surface area contributed by atoms with Crippen LogP contribution in [-0.4, -0.2) is 56.4 Å². The number of piperidine rings is 1. The van der Waals surface area contributed by atoms with Crippen LogP contribution in [0.2, 0.25) is 10.0 Å². The summed E-state index contributed by atoms with van der Waals surface area (Å²) >= 11 is 12.1. The summed E-state index contributed by atoms with van der Waals surface area (Å²) in [6.45, 7) is 3.61. The minimum absolute atomic E-state index is 0.0525. The lowest BCUT2D eigenvalue weighted by molar-refractivity contribution is -0.126. The number of hydrogen-bond acceptors (Lipinski definition) is 6. The first kappa shape index (κ1) is 26.5. The molecule has 1 aromatic heterocycles. The number of aromatic nitrogens is 1. The second kappa shape index (κ2) is 11.6. The molecule has 0 aliphatic carbocycles. The van der Waals surface area contributed by atoms with Crippen molar-refractivity contribution in [1.29, 1.82) is 0 Å². The molecule has 1 saturated heterocycles. The number of anilines is 1. The van der Waals surface area contributed by atoms with Crippen LogP contribution < -0.4 is 15.4 Å². The summed E-state index contributed by atoms with van der Waals surface area (Å²) in [4.78, 5) is 17.1. The van der Waals surface area contributed by atoms with Gasteiger partial charge in [-0.1, -0.05) is 23.2 Å². The van der Waals surface area contributed by atoms with Crippen molar-refractivity contribution in [3.63, 3.8) is 0 Å². The van der Waals surface area contributed by atoms with Crippen molar-refractivity contribution in [2.24, 2.45) is 5.92 Å². The Morgan fingerprint density at radius 2 is 1.81 bits per heavy atom. The predicted molar refractivity (Wildman–Crippen MR) is 142 cm³/mol. The van der Waals surface area contributed by atoms with Crippen LogP contribution in [0.5, 0.6) is 5.75 Å². The molecule has 36 heavy (non-hydrogen) atoms. The lowest BCUT2D eigenvalue weighted by Gasteiger charge is -2.31. The first-order valence-corrected chi connectivity index (χ1v) is 14.0. The van der Waals surface area contributed by atoms with E-state index in [1.54, 1.807) is 31.3 Å². The number of ether oxygens (including phenoxy) is 1. The number of nitrogens with zero attached hydrogens (tertiary/aromatic N) is 2. The van der Waals surface area contributed by atoms with Crippen molar-refractivity contribution >= 4 is 55.7 Å². The van der Waals surface area contributed by atoms with E-state index in [0.717, 1.165) is 16.6 Å². The molecule has 2 N–H and O–H groups in total. The minimum Gasteiger partial charge on any atom is -0.492 e. The molecule has 8 nitrogen and oxygen atoms in total. The Balaban J connectivity index is 1.29. The molecule has 0 spiro atoms. The van der Waals surface area contributed by atoms with Gasteiger partial charge >= 0.3 is 0 Å². The number of rotatable bonds is 9. The van der Waals surface area contributed by atoms with E-state index >= 15 is 0 Å². The van der Waals surface area contributed by atoms with Gasteiger partial charge in [0.2, 0.25) is 15.9 Å². The fraction of sp³-hybridized carbons (Fsp3) is 0.360. The summed E-state index contributed by atoms with van der Waals surface area (Å²) in [7, 11) is -3.79. The smallest absolute Gasteiger partial charge is 0.246 e. The molecule has 192 valence electrons. The van der Waals surface area contributed by atoms with Crippen LogP contribution in [0.3, 0.4) is 0 Å². The Labute approximate surface area is 221 Å². The topological polar surface area (TPSA) is 101 Å². The van der Waals surface area contributed by atoms with E-state index < -0.39 is 10.0 Å². The zero-order valence-corrected chi connectivity index (χ0v) is 22.2. The molecule has 0 saturated carbocycles. The fourth-order valence-corrected chi connectivity index (χ4v) is 6.29. The third-order valence-electron chi connectivity index (χ3n) is 6.09. The summed E-state index contributed by atoms with van der Waals surface area (Å²) in [5.41, 5.74) is 1.71. The van der Waals surface area contributed by atoms with Gasteiger partial charge in [0.1, 0.15) is 10.6 Å². The van der Waals surface area contributed by atoms with Crippen molar-refractivity contribution < 1.29 is 17.9 Å². The van der Waals surface area contributed by atoms with Crippen molar-refractivity contribution in [2.45, 2.75) is 24.7 Å². The Morgan fingerprint density at radius 1 is 1.08 bits per heavy atom. The number of nitrogens with one attached hydrogen (secondary N) is 2. The van der Waals surface area contributed by atoms with E-state index in [1.165, 1.54) is 10.4 Å². The lowest BCUT2D eigenvalue weighted by Crippen LogP contribution is -2.43. The summed E-state index contributed by atoms with van der Waals surface area (Å²) in [6, 6.07) is 12.0. The molecular formula is C25H28Cl2N4O4S. The molecule has 0 atom stereocenters. The van der Waals surface area contributed by atoms with Gasteiger partial charge in [0.15, 0.2) is 0 Å². The molecule has 0 bridgehead atoms. The quantitative estimate of drug-likeness (QED) is 0.378. The molecular weight excluding hydrogens is 523 g/mol. The molecule has 11 heteroatoms. The largest absolute Gasteiger partial charge is 0.492 e. The Bertz CT molecular complexity index is 1350. The number of fused-ring (bicyclic) bond motifs is 1. The molecule has 1 aliphatic rings. The first-order valence-electron chi connectivity index (χ1n) is 11.8. The second-order valence-electron chi connectivity index (χ2n) is 8.44. The van der Waals surface area contributed by atoms with Gasteiger partial charge < -0.3 is 15.4 Å². The zero-order chi connectivity index (χ0) is 25.7. The highest BCUT2D eigenvalue weighted by Crippen LogP contribution is 2.32. The number of carbonyl (C=O) groups excluding carboxylic acids is 1. The van der Waals surface area contributed by atoms with Crippen molar-refractivity contribution in [2.75, 3.05) is 38.1 Å². The molecule has 0 radical (unpaired) electrons. The highest BCUT2D eigenvalue weighted by Gasteiger charge is 2.33. The van der Waals surface area contributed by atoms with Crippen LogP contribution in [0.25, 0.3) is 10.9 Å². The standard InChI is InChI=1S/C25H28Cl2N4O4S/c1-2-35-23-6-4-19(27)16-24(23)36(33,34)31-13-8-17(9-14-31)25(32)30-12-11-29-21-7-10-28-22-15-18(26)3-5-20(21)22/h3-7,10,15-17H,2,8-9,11-14H2,1H3,(H,28,29)(H,30,32). The van der Waals surface area contributed by atoms with Gasteiger partial charge in [-0.3, -0.25) is 9.78 Å².